The summed E-state index contributed by atoms with van der Waals surface area (Å²) in [5.74, 6) is -3.93. The summed E-state index contributed by atoms with van der Waals surface area (Å²) in [6.45, 7) is 7.56. The molecule has 0 saturated carbocycles. The van der Waals surface area contributed by atoms with Gasteiger partial charge in [0.1, 0.15) is 23.7 Å². The summed E-state index contributed by atoms with van der Waals surface area (Å²) in [4.78, 5) is 74.9. The van der Waals surface area contributed by atoms with E-state index in [4.69, 9.17) is 11.6 Å². The summed E-state index contributed by atoms with van der Waals surface area (Å²) in [6, 6.07) is 14.2. The van der Waals surface area contributed by atoms with Crippen molar-refractivity contribution in [1.82, 2.24) is 20.0 Å². The second kappa shape index (κ2) is 14.9. The largest absolute Gasteiger partial charge is 0.369 e. The Hall–Kier alpha value is -5.59. The van der Waals surface area contributed by atoms with Crippen LogP contribution in [0.25, 0.3) is 0 Å². The van der Waals surface area contributed by atoms with Crippen LogP contribution in [0.15, 0.2) is 48.5 Å². The van der Waals surface area contributed by atoms with E-state index in [1.807, 2.05) is 12.1 Å². The molecule has 0 bridgehead atoms. The van der Waals surface area contributed by atoms with E-state index in [0.29, 0.717) is 80.2 Å². The van der Waals surface area contributed by atoms with Gasteiger partial charge in [0, 0.05) is 88.7 Å². The fraction of sp³-hybridized carbons (Fsp3) is 0.442. The van der Waals surface area contributed by atoms with Crippen LogP contribution in [0.3, 0.4) is 0 Å². The Morgan fingerprint density at radius 3 is 2.22 bits per heavy atom. The summed E-state index contributed by atoms with van der Waals surface area (Å²) in [5.41, 5.74) is 2.49. The fourth-order valence-electron chi connectivity index (χ4n) is 10.00. The van der Waals surface area contributed by atoms with E-state index in [0.717, 1.165) is 42.5 Å². The Bertz CT molecular complexity index is 2330. The molecule has 9 rings (SSSR count). The number of carbonyl (C=O) groups excluding carboxylic acids is 5. The molecule has 306 valence electrons. The first kappa shape index (κ1) is 38.9. The number of carbonyl (C=O) groups is 5. The number of nitrogens with zero attached hydrogens (tertiary/aromatic N) is 7. The molecule has 5 amide bonds. The summed E-state index contributed by atoms with van der Waals surface area (Å²) in [7, 11) is 0. The van der Waals surface area contributed by atoms with Gasteiger partial charge in [-0.05, 0) is 86.6 Å². The van der Waals surface area contributed by atoms with Crippen LogP contribution in [-0.4, -0.2) is 121 Å². The van der Waals surface area contributed by atoms with E-state index < -0.39 is 41.3 Å². The first-order valence-corrected chi connectivity index (χ1v) is 20.5. The number of amides is 5. The van der Waals surface area contributed by atoms with Crippen molar-refractivity contribution in [3.05, 3.63) is 87.4 Å². The number of hydrogen-bond donors (Lipinski definition) is 1. The number of benzene rings is 3. The Labute approximate surface area is 345 Å². The van der Waals surface area contributed by atoms with Crippen molar-refractivity contribution in [2.45, 2.75) is 57.2 Å². The van der Waals surface area contributed by atoms with Gasteiger partial charge in [0.2, 0.25) is 11.8 Å². The van der Waals surface area contributed by atoms with E-state index in [-0.39, 0.29) is 47.0 Å². The third kappa shape index (κ3) is 6.85. The molecule has 1 unspecified atom stereocenters. The zero-order valence-electron chi connectivity index (χ0n) is 32.6. The molecule has 16 heteroatoms. The van der Waals surface area contributed by atoms with Crippen LogP contribution in [0, 0.1) is 28.4 Å². The average molecular weight is 825 g/mol. The number of piperazine rings is 1. The van der Waals surface area contributed by atoms with Gasteiger partial charge in [0.25, 0.3) is 17.7 Å². The highest BCUT2D eigenvalue weighted by Crippen LogP contribution is 2.46. The number of hydrogen-bond acceptors (Lipinski definition) is 10. The van der Waals surface area contributed by atoms with Gasteiger partial charge in [-0.25, -0.2) is 8.78 Å². The molecule has 5 saturated heterocycles. The minimum Gasteiger partial charge on any atom is -0.369 e. The molecule has 5 fully saturated rings. The van der Waals surface area contributed by atoms with Gasteiger partial charge < -0.3 is 19.6 Å². The quantitative estimate of drug-likeness (QED) is 0.356. The van der Waals surface area contributed by atoms with E-state index in [1.54, 1.807) is 28.0 Å². The van der Waals surface area contributed by atoms with Crippen molar-refractivity contribution in [1.29, 1.82) is 5.26 Å². The minimum atomic E-state index is -1.13. The molecule has 59 heavy (non-hydrogen) atoms. The standard InChI is InChI=1S/C43H43ClF2N8O5/c1-25-20-43(24-53(25)28-4-2-27(21-47)32(44)17-28)8-10-50(11-9-43)35-5-3-26(16-33(35)45)40(57)51-14-12-49(13-15-51)29-22-52(23-29)37-19-31-30(18-34(37)46)41(58)54(42(31)59)36-6-7-38(55)48-39(36)56/h2-5,16-19,25,29,36H,6-15,20,22-24H2,1H3,(H,48,55,56)/t25-,36?/m0/s1. The van der Waals surface area contributed by atoms with Gasteiger partial charge >= 0.3 is 0 Å². The third-order valence-corrected chi connectivity index (χ3v) is 13.7. The molecule has 0 aliphatic carbocycles. The molecule has 0 radical (unpaired) electrons. The zero-order chi connectivity index (χ0) is 41.3. The van der Waals surface area contributed by atoms with Crippen LogP contribution >= 0.6 is 11.6 Å². The van der Waals surface area contributed by atoms with E-state index in [9.17, 15) is 29.2 Å². The van der Waals surface area contributed by atoms with Crippen LogP contribution in [-0.2, 0) is 9.59 Å². The lowest BCUT2D eigenvalue weighted by Crippen LogP contribution is -2.63. The van der Waals surface area contributed by atoms with Crippen LogP contribution in [0.5, 0.6) is 0 Å². The van der Waals surface area contributed by atoms with Gasteiger partial charge in [-0.2, -0.15) is 5.26 Å². The van der Waals surface area contributed by atoms with Crippen molar-refractivity contribution in [2.75, 3.05) is 73.6 Å². The Morgan fingerprint density at radius 2 is 1.56 bits per heavy atom. The summed E-state index contributed by atoms with van der Waals surface area (Å²) in [6.07, 6.45) is 2.85. The molecule has 6 heterocycles. The third-order valence-electron chi connectivity index (χ3n) is 13.4. The highest BCUT2D eigenvalue weighted by atomic mass is 35.5. The topological polar surface area (TPSA) is 141 Å². The number of halogens is 3. The van der Waals surface area contributed by atoms with Crippen molar-refractivity contribution >= 4 is 58.2 Å². The van der Waals surface area contributed by atoms with Crippen LogP contribution in [0.2, 0.25) is 5.02 Å². The number of piperidine rings is 2. The van der Waals surface area contributed by atoms with Gasteiger partial charge in [-0.15, -0.1) is 0 Å². The van der Waals surface area contributed by atoms with Gasteiger partial charge in [0.15, 0.2) is 0 Å². The number of anilines is 3. The number of nitrogens with one attached hydrogen (secondary N) is 1. The molecule has 2 atom stereocenters. The van der Waals surface area contributed by atoms with Crippen LogP contribution < -0.4 is 20.0 Å². The number of imide groups is 2. The zero-order valence-corrected chi connectivity index (χ0v) is 33.3. The van der Waals surface area contributed by atoms with Crippen molar-refractivity contribution in [3.63, 3.8) is 0 Å². The van der Waals surface area contributed by atoms with Crippen molar-refractivity contribution in [2.24, 2.45) is 5.41 Å². The highest BCUT2D eigenvalue weighted by molar-refractivity contribution is 6.32. The summed E-state index contributed by atoms with van der Waals surface area (Å²) < 4.78 is 31.1. The molecule has 13 nitrogen and oxygen atoms in total. The molecular weight excluding hydrogens is 782 g/mol. The Kier molecular flexibility index (Phi) is 9.83. The number of nitriles is 1. The molecule has 3 aromatic carbocycles. The van der Waals surface area contributed by atoms with Gasteiger partial charge in [-0.1, -0.05) is 11.6 Å². The number of fused-ring (bicyclic) bond motifs is 1. The molecule has 0 aromatic heterocycles. The van der Waals surface area contributed by atoms with Gasteiger partial charge in [-0.3, -0.25) is 39.1 Å². The Morgan fingerprint density at radius 1 is 0.864 bits per heavy atom. The molecule has 1 N–H and O–H groups in total. The SMILES string of the molecule is C[C@H]1CC2(CCN(c3ccc(C(=O)N4CCN(C5CN(c6cc7c(cc6F)C(=O)N(C6CCC(=O)NC6=O)C7=O)C5)CC4)cc3F)CC2)CN1c1ccc(C#N)c(Cl)c1. The molecule has 6 aliphatic rings. The lowest BCUT2D eigenvalue weighted by molar-refractivity contribution is -0.136. The molecular formula is C43H43ClF2N8O5. The van der Waals surface area contributed by atoms with E-state index in [1.165, 1.54) is 12.1 Å². The monoisotopic (exact) mass is 824 g/mol. The van der Waals surface area contributed by atoms with Crippen LogP contribution in [0.4, 0.5) is 25.8 Å². The maximum atomic E-state index is 15.7. The molecule has 3 aromatic rings. The maximum Gasteiger partial charge on any atom is 0.262 e. The molecule has 6 aliphatic heterocycles. The summed E-state index contributed by atoms with van der Waals surface area (Å²) in [5, 5.41) is 11.9. The van der Waals surface area contributed by atoms with Crippen molar-refractivity contribution in [3.8, 4) is 6.07 Å². The second-order valence-electron chi connectivity index (χ2n) is 16.8. The second-order valence-corrected chi connectivity index (χ2v) is 17.2. The minimum absolute atomic E-state index is 0.00609. The van der Waals surface area contributed by atoms with Crippen LogP contribution in [0.1, 0.15) is 75.7 Å². The van der Waals surface area contributed by atoms with E-state index in [2.05, 4.69) is 33.0 Å². The maximum absolute atomic E-state index is 15.7. The first-order chi connectivity index (χ1) is 28.3. The average Bonchev–Trinajstić information content (AvgIpc) is 3.65. The predicted octanol–water partition coefficient (Wildman–Crippen LogP) is 4.42. The molecule has 1 spiro atoms. The smallest absolute Gasteiger partial charge is 0.262 e. The lowest BCUT2D eigenvalue weighted by atomic mass is 9.76. The lowest BCUT2D eigenvalue weighted by Gasteiger charge is -2.49. The van der Waals surface area contributed by atoms with Crippen molar-refractivity contribution < 1.29 is 32.8 Å². The normalized spacial score (nSPS) is 23.5. The fourth-order valence-corrected chi connectivity index (χ4v) is 10.2. The van der Waals surface area contributed by atoms with Gasteiger partial charge in [0.05, 0.1) is 33.1 Å². The highest BCUT2D eigenvalue weighted by Gasteiger charge is 2.47. The summed E-state index contributed by atoms with van der Waals surface area (Å²) >= 11 is 6.35. The van der Waals surface area contributed by atoms with E-state index >= 15 is 8.78 Å². The predicted molar refractivity (Wildman–Crippen MR) is 214 cm³/mol. The first-order valence-electron chi connectivity index (χ1n) is 20.2. The number of rotatable bonds is 6. The Balaban J connectivity index is 0.764.